The number of non-ortho nitro benzene ring substituents is 1. The fourth-order valence-electron chi connectivity index (χ4n) is 1.71. The average molecular weight is 235 g/mol. The van der Waals surface area contributed by atoms with Gasteiger partial charge >= 0.3 is 0 Å². The van der Waals surface area contributed by atoms with E-state index in [1.807, 2.05) is 0 Å². The zero-order chi connectivity index (χ0) is 12.6. The van der Waals surface area contributed by atoms with Crippen molar-refractivity contribution in [3.05, 3.63) is 33.9 Å². The molecule has 1 aliphatic carbocycles. The summed E-state index contributed by atoms with van der Waals surface area (Å²) in [5.41, 5.74) is 1.04. The molecule has 2 rings (SSSR count). The molecule has 4 nitrogen and oxygen atoms in total. The number of benzene rings is 1. The van der Waals surface area contributed by atoms with E-state index in [0.29, 0.717) is 5.75 Å². The number of hydrogen-bond donors (Lipinski definition) is 0. The SMILES string of the molecule is CC(C)(C)c1ccc([N+](=O)[O-])cc1OC1CC1. The Kier molecular flexibility index (Phi) is 2.81. The topological polar surface area (TPSA) is 52.4 Å². The van der Waals surface area contributed by atoms with Gasteiger partial charge in [-0.1, -0.05) is 20.8 Å². The Hall–Kier alpha value is -1.58. The normalized spacial score (nSPS) is 15.7. The second-order valence-electron chi connectivity index (χ2n) is 5.50. The van der Waals surface area contributed by atoms with Crippen LogP contribution in [0.5, 0.6) is 5.75 Å². The fraction of sp³-hybridized carbons (Fsp3) is 0.538. The van der Waals surface area contributed by atoms with Crippen LogP contribution in [-0.4, -0.2) is 11.0 Å². The second kappa shape index (κ2) is 4.02. The fourth-order valence-corrected chi connectivity index (χ4v) is 1.71. The third kappa shape index (κ3) is 2.75. The molecule has 0 saturated heterocycles. The highest BCUT2D eigenvalue weighted by atomic mass is 16.6. The Morgan fingerprint density at radius 2 is 2.00 bits per heavy atom. The molecule has 1 saturated carbocycles. The van der Waals surface area contributed by atoms with Gasteiger partial charge in [-0.2, -0.15) is 0 Å². The van der Waals surface area contributed by atoms with Crippen LogP contribution in [0, 0.1) is 10.1 Å². The van der Waals surface area contributed by atoms with Gasteiger partial charge in [0.05, 0.1) is 17.1 Å². The maximum Gasteiger partial charge on any atom is 0.273 e. The zero-order valence-corrected chi connectivity index (χ0v) is 10.4. The predicted molar refractivity (Wildman–Crippen MR) is 65.4 cm³/mol. The maximum atomic E-state index is 10.8. The minimum atomic E-state index is -0.383. The van der Waals surface area contributed by atoms with Crippen molar-refractivity contribution in [2.45, 2.75) is 45.1 Å². The molecule has 0 amide bonds. The van der Waals surface area contributed by atoms with Crippen molar-refractivity contribution in [2.75, 3.05) is 0 Å². The Morgan fingerprint density at radius 3 is 2.47 bits per heavy atom. The van der Waals surface area contributed by atoms with Crippen LogP contribution in [-0.2, 0) is 5.41 Å². The van der Waals surface area contributed by atoms with Gasteiger partial charge in [0.15, 0.2) is 0 Å². The lowest BCUT2D eigenvalue weighted by Crippen LogP contribution is -2.14. The van der Waals surface area contributed by atoms with Gasteiger partial charge in [0.25, 0.3) is 5.69 Å². The van der Waals surface area contributed by atoms with E-state index < -0.39 is 0 Å². The van der Waals surface area contributed by atoms with E-state index in [1.165, 1.54) is 0 Å². The van der Waals surface area contributed by atoms with E-state index in [2.05, 4.69) is 20.8 Å². The van der Waals surface area contributed by atoms with Crippen molar-refractivity contribution in [3.8, 4) is 5.75 Å². The second-order valence-corrected chi connectivity index (χ2v) is 5.50. The zero-order valence-electron chi connectivity index (χ0n) is 10.4. The van der Waals surface area contributed by atoms with Gasteiger partial charge in [0.2, 0.25) is 0 Å². The molecular weight excluding hydrogens is 218 g/mol. The lowest BCUT2D eigenvalue weighted by atomic mass is 9.86. The highest BCUT2D eigenvalue weighted by Crippen LogP contribution is 2.37. The number of ether oxygens (including phenoxy) is 1. The van der Waals surface area contributed by atoms with E-state index >= 15 is 0 Å². The highest BCUT2D eigenvalue weighted by Gasteiger charge is 2.28. The maximum absolute atomic E-state index is 10.8. The van der Waals surface area contributed by atoms with Gasteiger partial charge in [-0.05, 0) is 24.3 Å². The summed E-state index contributed by atoms with van der Waals surface area (Å²) in [6, 6.07) is 4.88. The average Bonchev–Trinajstić information content (AvgIpc) is 2.99. The standard InChI is InChI=1S/C13H17NO3/c1-13(2,3)11-7-4-9(14(15)16)8-12(11)17-10-5-6-10/h4,7-8,10H,5-6H2,1-3H3. The van der Waals surface area contributed by atoms with E-state index in [-0.39, 0.29) is 22.1 Å². The molecule has 1 fully saturated rings. The molecule has 1 aliphatic rings. The van der Waals surface area contributed by atoms with Crippen molar-refractivity contribution < 1.29 is 9.66 Å². The lowest BCUT2D eigenvalue weighted by molar-refractivity contribution is -0.385. The third-order valence-corrected chi connectivity index (χ3v) is 2.80. The van der Waals surface area contributed by atoms with Crippen LogP contribution in [0.4, 0.5) is 5.69 Å². The molecule has 0 aromatic heterocycles. The number of hydrogen-bond acceptors (Lipinski definition) is 3. The summed E-state index contributed by atoms with van der Waals surface area (Å²) in [5.74, 6) is 0.661. The summed E-state index contributed by atoms with van der Waals surface area (Å²) in [4.78, 5) is 10.4. The van der Waals surface area contributed by atoms with Gasteiger partial charge in [-0.15, -0.1) is 0 Å². The Balaban J connectivity index is 2.39. The first kappa shape index (κ1) is 11.9. The smallest absolute Gasteiger partial charge is 0.273 e. The van der Waals surface area contributed by atoms with Crippen LogP contribution in [0.3, 0.4) is 0 Å². The van der Waals surface area contributed by atoms with Gasteiger partial charge in [-0.3, -0.25) is 10.1 Å². The summed E-state index contributed by atoms with van der Waals surface area (Å²) < 4.78 is 5.77. The summed E-state index contributed by atoms with van der Waals surface area (Å²) in [6.45, 7) is 6.23. The van der Waals surface area contributed by atoms with E-state index in [9.17, 15) is 10.1 Å². The molecule has 4 heteroatoms. The minimum absolute atomic E-state index is 0.0701. The first-order valence-corrected chi connectivity index (χ1v) is 5.83. The van der Waals surface area contributed by atoms with Crippen LogP contribution in [0.2, 0.25) is 0 Å². The number of nitro benzene ring substituents is 1. The molecule has 0 N–H and O–H groups in total. The van der Waals surface area contributed by atoms with E-state index in [1.54, 1.807) is 18.2 Å². The number of nitro groups is 1. The minimum Gasteiger partial charge on any atom is -0.490 e. The predicted octanol–water partition coefficient (Wildman–Crippen LogP) is 3.43. The van der Waals surface area contributed by atoms with E-state index in [0.717, 1.165) is 18.4 Å². The van der Waals surface area contributed by atoms with Crippen LogP contribution in [0.25, 0.3) is 0 Å². The molecular formula is C13H17NO3. The lowest BCUT2D eigenvalue weighted by Gasteiger charge is -2.22. The number of rotatable bonds is 3. The first-order chi connectivity index (χ1) is 7.88. The van der Waals surface area contributed by atoms with Crippen molar-refractivity contribution in [2.24, 2.45) is 0 Å². The summed E-state index contributed by atoms with van der Waals surface area (Å²) in [6.07, 6.45) is 2.34. The van der Waals surface area contributed by atoms with Gasteiger partial charge < -0.3 is 4.74 Å². The molecule has 0 atom stereocenters. The monoisotopic (exact) mass is 235 g/mol. The van der Waals surface area contributed by atoms with E-state index in [4.69, 9.17) is 4.74 Å². The summed E-state index contributed by atoms with van der Waals surface area (Å²) in [5, 5.41) is 10.8. The van der Waals surface area contributed by atoms with Crippen molar-refractivity contribution in [1.29, 1.82) is 0 Å². The molecule has 0 heterocycles. The first-order valence-electron chi connectivity index (χ1n) is 5.83. The van der Waals surface area contributed by atoms with Gasteiger partial charge in [0, 0.05) is 11.6 Å². The molecule has 17 heavy (non-hydrogen) atoms. The summed E-state index contributed by atoms with van der Waals surface area (Å²) >= 11 is 0. The van der Waals surface area contributed by atoms with Gasteiger partial charge in [0.1, 0.15) is 5.75 Å². The van der Waals surface area contributed by atoms with Crippen LogP contribution < -0.4 is 4.74 Å². The van der Waals surface area contributed by atoms with Crippen molar-refractivity contribution in [3.63, 3.8) is 0 Å². The Bertz CT molecular complexity index is 444. The summed E-state index contributed by atoms with van der Waals surface area (Å²) in [7, 11) is 0. The third-order valence-electron chi connectivity index (χ3n) is 2.80. The molecule has 1 aromatic carbocycles. The van der Waals surface area contributed by atoms with Crippen molar-refractivity contribution >= 4 is 5.69 Å². The van der Waals surface area contributed by atoms with Gasteiger partial charge in [-0.25, -0.2) is 0 Å². The molecule has 1 aromatic rings. The number of nitrogens with zero attached hydrogens (tertiary/aromatic N) is 1. The molecule has 0 bridgehead atoms. The molecule has 92 valence electrons. The largest absolute Gasteiger partial charge is 0.490 e. The Labute approximate surface area is 101 Å². The van der Waals surface area contributed by atoms with Crippen LogP contribution >= 0.6 is 0 Å². The highest BCUT2D eigenvalue weighted by molar-refractivity contribution is 5.47. The molecule has 0 spiro atoms. The molecule has 0 unspecified atom stereocenters. The Morgan fingerprint density at radius 1 is 1.35 bits per heavy atom. The molecule has 0 radical (unpaired) electrons. The van der Waals surface area contributed by atoms with Crippen molar-refractivity contribution in [1.82, 2.24) is 0 Å². The van der Waals surface area contributed by atoms with Crippen LogP contribution in [0.15, 0.2) is 18.2 Å². The van der Waals surface area contributed by atoms with Crippen LogP contribution in [0.1, 0.15) is 39.2 Å². The molecule has 0 aliphatic heterocycles. The quantitative estimate of drug-likeness (QED) is 0.595.